The first-order valence-corrected chi connectivity index (χ1v) is 3.04. The third-order valence-electron chi connectivity index (χ3n) is 0.337. The van der Waals surface area contributed by atoms with Gasteiger partial charge in [0.2, 0.25) is 0 Å². The molecule has 1 atom stereocenters. The van der Waals surface area contributed by atoms with Crippen molar-refractivity contribution in [2.24, 2.45) is 0 Å². The van der Waals surface area contributed by atoms with E-state index in [0.29, 0.717) is 0 Å². The molecule has 3 heteroatoms. The standard InChI is InChI=1S/C4H8O2S/c1-4(2)3-7(5)6/h3H,1-2H3,(H,5,6). The molecular formula is C4H8O2S. The van der Waals surface area contributed by atoms with Gasteiger partial charge in [-0.05, 0) is 13.8 Å². The largest absolute Gasteiger partial charge is 0.303 e. The Morgan fingerprint density at radius 1 is 1.71 bits per heavy atom. The van der Waals surface area contributed by atoms with E-state index in [-0.39, 0.29) is 0 Å². The molecule has 1 unspecified atom stereocenters. The van der Waals surface area contributed by atoms with Crippen molar-refractivity contribution in [3.8, 4) is 0 Å². The van der Waals surface area contributed by atoms with Crippen molar-refractivity contribution in [3.05, 3.63) is 11.0 Å². The van der Waals surface area contributed by atoms with Gasteiger partial charge in [-0.2, -0.15) is 0 Å². The Hall–Kier alpha value is -0.150. The van der Waals surface area contributed by atoms with Gasteiger partial charge >= 0.3 is 0 Å². The molecule has 2 nitrogen and oxygen atoms in total. The molecule has 0 bridgehead atoms. The summed E-state index contributed by atoms with van der Waals surface area (Å²) in [6.45, 7) is 3.54. The van der Waals surface area contributed by atoms with Gasteiger partial charge in [0.05, 0.1) is 0 Å². The normalized spacial score (nSPS) is 13.0. The Bertz CT molecular complexity index is 102. The van der Waals surface area contributed by atoms with Crippen LogP contribution in [0.25, 0.3) is 0 Å². The summed E-state index contributed by atoms with van der Waals surface area (Å²) in [5, 5.41) is 1.28. The Morgan fingerprint density at radius 3 is 2.14 bits per heavy atom. The predicted molar refractivity (Wildman–Crippen MR) is 30.2 cm³/mol. The van der Waals surface area contributed by atoms with Crippen LogP contribution >= 0.6 is 0 Å². The van der Waals surface area contributed by atoms with Gasteiger partial charge in [0, 0.05) is 5.41 Å². The van der Waals surface area contributed by atoms with E-state index >= 15 is 0 Å². The third-order valence-corrected chi connectivity index (χ3v) is 1.01. The Labute approximate surface area is 45.5 Å². The van der Waals surface area contributed by atoms with Gasteiger partial charge in [-0.25, -0.2) is 4.21 Å². The lowest BCUT2D eigenvalue weighted by Crippen LogP contribution is -1.77. The topological polar surface area (TPSA) is 37.3 Å². The SMILES string of the molecule is CC(C)=CS(=O)O. The summed E-state index contributed by atoms with van der Waals surface area (Å²) in [6.07, 6.45) is 0. The molecule has 0 saturated heterocycles. The summed E-state index contributed by atoms with van der Waals surface area (Å²) in [5.74, 6) is 0. The zero-order chi connectivity index (χ0) is 5.86. The van der Waals surface area contributed by atoms with Gasteiger partial charge in [-0.3, -0.25) is 0 Å². The molecule has 0 radical (unpaired) electrons. The summed E-state index contributed by atoms with van der Waals surface area (Å²) in [4.78, 5) is 0. The molecular weight excluding hydrogens is 112 g/mol. The van der Waals surface area contributed by atoms with Crippen molar-refractivity contribution < 1.29 is 8.76 Å². The zero-order valence-corrected chi connectivity index (χ0v) is 5.16. The van der Waals surface area contributed by atoms with Gasteiger partial charge in [-0.1, -0.05) is 5.57 Å². The van der Waals surface area contributed by atoms with Crippen molar-refractivity contribution >= 4 is 11.1 Å². The van der Waals surface area contributed by atoms with Crippen LogP contribution in [0.5, 0.6) is 0 Å². The van der Waals surface area contributed by atoms with Crippen molar-refractivity contribution in [1.82, 2.24) is 0 Å². The van der Waals surface area contributed by atoms with E-state index in [1.165, 1.54) is 5.41 Å². The Balaban J connectivity index is 3.68. The molecule has 0 aliphatic rings. The molecule has 0 aliphatic carbocycles. The van der Waals surface area contributed by atoms with E-state index in [1.807, 2.05) is 0 Å². The third kappa shape index (κ3) is 5.85. The Morgan fingerprint density at radius 2 is 2.14 bits per heavy atom. The van der Waals surface area contributed by atoms with Gasteiger partial charge < -0.3 is 4.55 Å². The lowest BCUT2D eigenvalue weighted by molar-refractivity contribution is 0.574. The van der Waals surface area contributed by atoms with Crippen molar-refractivity contribution in [2.75, 3.05) is 0 Å². The van der Waals surface area contributed by atoms with E-state index in [2.05, 4.69) is 0 Å². The monoisotopic (exact) mass is 120 g/mol. The molecule has 0 aliphatic heterocycles. The van der Waals surface area contributed by atoms with Crippen molar-refractivity contribution in [3.63, 3.8) is 0 Å². The average Bonchev–Trinajstić information content (AvgIpc) is 1.27. The summed E-state index contributed by atoms with van der Waals surface area (Å²) in [7, 11) is 0. The molecule has 0 aromatic heterocycles. The lowest BCUT2D eigenvalue weighted by Gasteiger charge is -1.80. The number of hydrogen-bond acceptors (Lipinski definition) is 1. The molecule has 0 rings (SSSR count). The molecule has 1 N–H and O–H groups in total. The van der Waals surface area contributed by atoms with Crippen LogP contribution < -0.4 is 0 Å². The van der Waals surface area contributed by atoms with Crippen molar-refractivity contribution in [1.29, 1.82) is 0 Å². The van der Waals surface area contributed by atoms with Crippen LogP contribution in [0.15, 0.2) is 11.0 Å². The summed E-state index contributed by atoms with van der Waals surface area (Å²) in [6, 6.07) is 0. The summed E-state index contributed by atoms with van der Waals surface area (Å²) < 4.78 is 18.0. The first-order chi connectivity index (χ1) is 3.13. The fraction of sp³-hybridized carbons (Fsp3) is 0.500. The number of hydrogen-bond donors (Lipinski definition) is 1. The fourth-order valence-corrected chi connectivity index (χ4v) is 0.605. The Kier molecular flexibility index (Phi) is 2.87. The minimum atomic E-state index is -1.76. The molecule has 0 aromatic carbocycles. The lowest BCUT2D eigenvalue weighted by atomic mass is 10.4. The highest BCUT2D eigenvalue weighted by Crippen LogP contribution is 1.88. The maximum Gasteiger partial charge on any atom is 0.178 e. The molecule has 0 aromatic rings. The zero-order valence-electron chi connectivity index (χ0n) is 4.34. The molecule has 0 amide bonds. The number of rotatable bonds is 1. The van der Waals surface area contributed by atoms with Crippen LogP contribution in [-0.4, -0.2) is 8.76 Å². The van der Waals surface area contributed by atoms with Gasteiger partial charge in [-0.15, -0.1) is 0 Å². The second-order valence-corrected chi connectivity index (χ2v) is 2.26. The van der Waals surface area contributed by atoms with E-state index < -0.39 is 11.1 Å². The second kappa shape index (κ2) is 2.93. The van der Waals surface area contributed by atoms with Gasteiger partial charge in [0.15, 0.2) is 11.1 Å². The predicted octanol–water partition coefficient (Wildman–Crippen LogP) is 1.13. The molecule has 7 heavy (non-hydrogen) atoms. The highest BCUT2D eigenvalue weighted by molar-refractivity contribution is 7.82. The van der Waals surface area contributed by atoms with E-state index in [1.54, 1.807) is 13.8 Å². The quantitative estimate of drug-likeness (QED) is 0.527. The molecule has 42 valence electrons. The van der Waals surface area contributed by atoms with Crippen LogP contribution in [-0.2, 0) is 11.1 Å². The van der Waals surface area contributed by atoms with Crippen LogP contribution in [0.2, 0.25) is 0 Å². The average molecular weight is 120 g/mol. The van der Waals surface area contributed by atoms with Crippen molar-refractivity contribution in [2.45, 2.75) is 13.8 Å². The van der Waals surface area contributed by atoms with Gasteiger partial charge in [0.25, 0.3) is 0 Å². The highest BCUT2D eigenvalue weighted by atomic mass is 32.2. The summed E-state index contributed by atoms with van der Waals surface area (Å²) in [5.41, 5.74) is 0.862. The van der Waals surface area contributed by atoms with E-state index in [4.69, 9.17) is 4.55 Å². The second-order valence-electron chi connectivity index (χ2n) is 1.47. The van der Waals surface area contributed by atoms with E-state index in [9.17, 15) is 4.21 Å². The molecule has 0 heterocycles. The maximum atomic E-state index is 9.84. The molecule has 0 saturated carbocycles. The first-order valence-electron chi connectivity index (χ1n) is 1.87. The van der Waals surface area contributed by atoms with Crippen LogP contribution in [0, 0.1) is 0 Å². The summed E-state index contributed by atoms with van der Waals surface area (Å²) >= 11 is -1.76. The smallest absolute Gasteiger partial charge is 0.178 e. The van der Waals surface area contributed by atoms with Crippen LogP contribution in [0.3, 0.4) is 0 Å². The minimum absolute atomic E-state index is 0.862. The highest BCUT2D eigenvalue weighted by Gasteiger charge is 1.80. The maximum absolute atomic E-state index is 9.84. The van der Waals surface area contributed by atoms with Crippen LogP contribution in [0.1, 0.15) is 13.8 Å². The first kappa shape index (κ1) is 6.85. The molecule has 0 spiro atoms. The van der Waals surface area contributed by atoms with Gasteiger partial charge in [0.1, 0.15) is 0 Å². The van der Waals surface area contributed by atoms with Crippen LogP contribution in [0.4, 0.5) is 0 Å². The number of allylic oxidation sites excluding steroid dienone is 1. The van der Waals surface area contributed by atoms with E-state index in [0.717, 1.165) is 5.57 Å². The fourth-order valence-electron chi connectivity index (χ4n) is 0.202. The minimum Gasteiger partial charge on any atom is -0.303 e. The molecule has 0 fully saturated rings.